The Labute approximate surface area is 228 Å². The average Bonchev–Trinajstić information content (AvgIpc) is 2.87. The molecule has 2 aromatic carbocycles. The van der Waals surface area contributed by atoms with Crippen LogP contribution in [-0.4, -0.2) is 50.6 Å². The van der Waals surface area contributed by atoms with Gasteiger partial charge in [-0.15, -0.1) is 0 Å². The Morgan fingerprint density at radius 3 is 2.57 bits per heavy atom. The predicted octanol–water partition coefficient (Wildman–Crippen LogP) is 3.35. The molecule has 2 aromatic rings. The summed E-state index contributed by atoms with van der Waals surface area (Å²) < 4.78 is 22.3. The maximum absolute atomic E-state index is 12.7. The monoisotopic (exact) mass is 590 g/mol. The van der Waals surface area contributed by atoms with Crippen LogP contribution in [0.3, 0.4) is 0 Å². The van der Waals surface area contributed by atoms with Crippen molar-refractivity contribution >= 4 is 51.4 Å². The minimum Gasteiger partial charge on any atom is -0.493 e. The molecule has 10 nitrogen and oxygen atoms in total. The van der Waals surface area contributed by atoms with Crippen molar-refractivity contribution in [2.75, 3.05) is 27.4 Å². The van der Waals surface area contributed by atoms with Crippen LogP contribution in [0.25, 0.3) is 0 Å². The van der Waals surface area contributed by atoms with Crippen LogP contribution in [0.2, 0.25) is 0 Å². The molecule has 0 bridgehead atoms. The summed E-state index contributed by atoms with van der Waals surface area (Å²) in [6.45, 7) is 3.40. The number of benzene rings is 2. The van der Waals surface area contributed by atoms with Crippen LogP contribution < -0.4 is 30.3 Å². The van der Waals surface area contributed by atoms with Crippen molar-refractivity contribution in [1.82, 2.24) is 16.1 Å². The number of amides is 1. The molecule has 0 unspecified atom stereocenters. The lowest BCUT2D eigenvalue weighted by Gasteiger charge is -2.30. The summed E-state index contributed by atoms with van der Waals surface area (Å²) in [5.41, 5.74) is 4.69. The zero-order chi connectivity index (χ0) is 26.9. The van der Waals surface area contributed by atoms with E-state index in [4.69, 9.17) is 31.2 Å². The maximum Gasteiger partial charge on any atom is 0.338 e. The number of allylic oxidation sites excluding steroid dienone is 1. The number of esters is 1. The van der Waals surface area contributed by atoms with E-state index in [2.05, 4.69) is 37.1 Å². The van der Waals surface area contributed by atoms with Crippen LogP contribution in [0.15, 0.2) is 57.2 Å². The van der Waals surface area contributed by atoms with Crippen LogP contribution in [-0.2, 0) is 14.3 Å². The molecule has 196 valence electrons. The van der Waals surface area contributed by atoms with E-state index in [9.17, 15) is 9.59 Å². The Morgan fingerprint density at radius 2 is 1.86 bits per heavy atom. The van der Waals surface area contributed by atoms with Crippen LogP contribution in [0, 0.1) is 0 Å². The Hall–Kier alpha value is -3.64. The van der Waals surface area contributed by atoms with Crippen LogP contribution >= 0.6 is 28.1 Å². The van der Waals surface area contributed by atoms with E-state index in [0.717, 1.165) is 0 Å². The molecule has 0 spiro atoms. The lowest BCUT2D eigenvalue weighted by molar-refractivity contribution is -0.139. The van der Waals surface area contributed by atoms with Crippen molar-refractivity contribution < 1.29 is 28.5 Å². The number of ether oxygens (including phenoxy) is 4. The van der Waals surface area contributed by atoms with E-state index in [1.807, 2.05) is 0 Å². The number of hydrogen-bond donors (Lipinski definition) is 3. The van der Waals surface area contributed by atoms with E-state index in [-0.39, 0.29) is 13.2 Å². The number of rotatable bonds is 10. The third-order valence-electron chi connectivity index (χ3n) is 5.25. The molecule has 37 heavy (non-hydrogen) atoms. The zero-order valence-electron chi connectivity index (χ0n) is 20.7. The van der Waals surface area contributed by atoms with E-state index < -0.39 is 17.9 Å². The SMILES string of the molecule is CCOC(=O)C1=C(C)NC(=S)N[C@@H]1c1ccccc1OCC(=O)NN=Cc1cc(OC)c(OC)cc1Br. The quantitative estimate of drug-likeness (QED) is 0.165. The van der Waals surface area contributed by atoms with Gasteiger partial charge in [0.1, 0.15) is 5.75 Å². The molecule has 0 aromatic heterocycles. The minimum absolute atomic E-state index is 0.228. The predicted molar refractivity (Wildman–Crippen MR) is 146 cm³/mol. The van der Waals surface area contributed by atoms with Crippen LogP contribution in [0.4, 0.5) is 0 Å². The minimum atomic E-state index is -0.618. The average molecular weight is 591 g/mol. The first-order valence-corrected chi connectivity index (χ1v) is 12.4. The highest BCUT2D eigenvalue weighted by atomic mass is 79.9. The lowest BCUT2D eigenvalue weighted by atomic mass is 9.95. The van der Waals surface area contributed by atoms with Gasteiger partial charge in [-0.2, -0.15) is 5.10 Å². The van der Waals surface area contributed by atoms with Gasteiger partial charge in [-0.05, 0) is 60.2 Å². The highest BCUT2D eigenvalue weighted by Gasteiger charge is 2.32. The highest BCUT2D eigenvalue weighted by molar-refractivity contribution is 9.10. The van der Waals surface area contributed by atoms with Gasteiger partial charge in [0.05, 0.1) is 38.7 Å². The van der Waals surface area contributed by atoms with Gasteiger partial charge in [0.25, 0.3) is 5.91 Å². The van der Waals surface area contributed by atoms with E-state index in [1.165, 1.54) is 13.3 Å². The molecule has 0 saturated carbocycles. The van der Waals surface area contributed by atoms with Crippen molar-refractivity contribution in [1.29, 1.82) is 0 Å². The Morgan fingerprint density at radius 1 is 1.16 bits per heavy atom. The third-order valence-corrected chi connectivity index (χ3v) is 6.16. The number of methoxy groups -OCH3 is 2. The molecule has 0 fully saturated rings. The fraction of sp³-hybridized carbons (Fsp3) is 0.280. The fourth-order valence-corrected chi connectivity index (χ4v) is 4.27. The topological polar surface area (TPSA) is 120 Å². The first-order valence-electron chi connectivity index (χ1n) is 11.2. The first kappa shape index (κ1) is 27.9. The number of carbonyl (C=O) groups is 2. The van der Waals surface area contributed by atoms with Crippen molar-refractivity contribution in [2.24, 2.45) is 5.10 Å². The van der Waals surface area contributed by atoms with Gasteiger partial charge >= 0.3 is 5.97 Å². The molecule has 0 aliphatic carbocycles. The second-order valence-electron chi connectivity index (χ2n) is 7.64. The number of para-hydroxylation sites is 1. The summed E-state index contributed by atoms with van der Waals surface area (Å²) in [6, 6.07) is 9.91. The van der Waals surface area contributed by atoms with Crippen molar-refractivity contribution in [3.63, 3.8) is 0 Å². The van der Waals surface area contributed by atoms with Gasteiger partial charge in [0, 0.05) is 21.3 Å². The molecule has 3 rings (SSSR count). The number of carbonyl (C=O) groups excluding carboxylic acids is 2. The molecule has 0 radical (unpaired) electrons. The number of halogens is 1. The van der Waals surface area contributed by atoms with Gasteiger partial charge in [-0.1, -0.05) is 18.2 Å². The Kier molecular flexibility index (Phi) is 9.86. The first-order chi connectivity index (χ1) is 17.8. The normalized spacial score (nSPS) is 15.1. The Bertz CT molecular complexity index is 1250. The molecule has 1 aliphatic rings. The summed E-state index contributed by atoms with van der Waals surface area (Å²) in [5.74, 6) is 0.532. The van der Waals surface area contributed by atoms with Crippen molar-refractivity contribution in [2.45, 2.75) is 19.9 Å². The number of hydrazone groups is 1. The molecule has 1 aliphatic heterocycles. The molecule has 1 heterocycles. The summed E-state index contributed by atoms with van der Waals surface area (Å²) >= 11 is 8.73. The third kappa shape index (κ3) is 6.98. The van der Waals surface area contributed by atoms with Crippen molar-refractivity contribution in [3.8, 4) is 17.2 Å². The molecule has 12 heteroatoms. The van der Waals surface area contributed by atoms with Gasteiger partial charge in [-0.25, -0.2) is 10.2 Å². The summed E-state index contributed by atoms with van der Waals surface area (Å²) in [5, 5.41) is 10.4. The fourth-order valence-electron chi connectivity index (χ4n) is 3.58. The lowest BCUT2D eigenvalue weighted by Crippen LogP contribution is -2.45. The molecular weight excluding hydrogens is 564 g/mol. The standard InChI is InChI=1S/C25H27BrN4O6S/c1-5-35-24(32)22-14(2)28-25(37)29-23(22)16-8-6-7-9-18(16)36-13-21(31)30-27-12-15-10-19(33-3)20(34-4)11-17(15)26/h6-12,23H,5,13H2,1-4H3,(H,30,31)(H2,28,29,37)/t23-/m1/s1. The highest BCUT2D eigenvalue weighted by Crippen LogP contribution is 2.34. The summed E-state index contributed by atoms with van der Waals surface area (Å²) in [7, 11) is 3.07. The van der Waals surface area contributed by atoms with Gasteiger partial charge in [0.15, 0.2) is 23.2 Å². The molecule has 1 amide bonds. The Balaban J connectivity index is 1.71. The maximum atomic E-state index is 12.7. The summed E-state index contributed by atoms with van der Waals surface area (Å²) in [6.07, 6.45) is 1.47. The van der Waals surface area contributed by atoms with Gasteiger partial charge in [-0.3, -0.25) is 4.79 Å². The number of nitrogens with one attached hydrogen (secondary N) is 3. The molecule has 1 atom stereocenters. The van der Waals surface area contributed by atoms with Crippen LogP contribution in [0.1, 0.15) is 31.0 Å². The van der Waals surface area contributed by atoms with Gasteiger partial charge < -0.3 is 29.6 Å². The zero-order valence-corrected chi connectivity index (χ0v) is 23.1. The van der Waals surface area contributed by atoms with Gasteiger partial charge in [0.2, 0.25) is 0 Å². The molecular formula is C25H27BrN4O6S. The van der Waals surface area contributed by atoms with E-state index in [0.29, 0.717) is 49.2 Å². The largest absolute Gasteiger partial charge is 0.493 e. The second-order valence-corrected chi connectivity index (χ2v) is 8.90. The summed E-state index contributed by atoms with van der Waals surface area (Å²) in [4.78, 5) is 25.1. The molecule has 0 saturated heterocycles. The number of nitrogens with zero attached hydrogens (tertiary/aromatic N) is 1. The smallest absolute Gasteiger partial charge is 0.338 e. The van der Waals surface area contributed by atoms with Crippen LogP contribution in [0.5, 0.6) is 17.2 Å². The van der Waals surface area contributed by atoms with Crippen molar-refractivity contribution in [3.05, 3.63) is 63.3 Å². The number of thiocarbonyl (C=S) groups is 1. The van der Waals surface area contributed by atoms with E-state index in [1.54, 1.807) is 57.4 Å². The number of hydrogen-bond acceptors (Lipinski definition) is 8. The second kappa shape index (κ2) is 13.1. The molecule has 3 N–H and O–H groups in total. The van der Waals surface area contributed by atoms with E-state index >= 15 is 0 Å².